The van der Waals surface area contributed by atoms with Crippen LogP contribution in [0.2, 0.25) is 0 Å². The van der Waals surface area contributed by atoms with Gasteiger partial charge in [-0.25, -0.2) is 4.58 Å². The summed E-state index contributed by atoms with van der Waals surface area (Å²) in [4.78, 5) is 7.19. The highest BCUT2D eigenvalue weighted by molar-refractivity contribution is 6.09. The molecular weight excluding hydrogens is 366 g/mol. The van der Waals surface area contributed by atoms with Gasteiger partial charge in [-0.3, -0.25) is 0 Å². The summed E-state index contributed by atoms with van der Waals surface area (Å²) in [6.45, 7) is 4.35. The van der Waals surface area contributed by atoms with Gasteiger partial charge in [0.05, 0.1) is 0 Å². The average Bonchev–Trinajstić information content (AvgIpc) is 3.25. The molecule has 30 heavy (non-hydrogen) atoms. The van der Waals surface area contributed by atoms with E-state index in [1.165, 1.54) is 61.2 Å². The lowest BCUT2D eigenvalue weighted by Gasteiger charge is -2.15. The number of aromatic nitrogens is 2. The van der Waals surface area contributed by atoms with Crippen molar-refractivity contribution >= 4 is 33.1 Å². The lowest BCUT2D eigenvalue weighted by molar-refractivity contribution is -0.462. The van der Waals surface area contributed by atoms with Gasteiger partial charge in [-0.2, -0.15) is 0 Å². The summed E-state index contributed by atoms with van der Waals surface area (Å²) in [5.41, 5.74) is 11.0. The number of allylic oxidation sites excluding steroid dienone is 5. The van der Waals surface area contributed by atoms with Gasteiger partial charge < -0.3 is 9.97 Å². The molecule has 0 amide bonds. The molecule has 0 fully saturated rings. The lowest BCUT2D eigenvalue weighted by Crippen LogP contribution is -2.10. The van der Waals surface area contributed by atoms with Crippen LogP contribution in [0, 0.1) is 13.8 Å². The van der Waals surface area contributed by atoms with E-state index >= 15 is 0 Å². The number of para-hydroxylation sites is 2. The van der Waals surface area contributed by atoms with Crippen LogP contribution >= 0.6 is 0 Å². The molecule has 0 radical (unpaired) electrons. The molecule has 2 heterocycles. The Morgan fingerprint density at radius 1 is 0.667 bits per heavy atom. The fourth-order valence-electron chi connectivity index (χ4n) is 4.54. The monoisotopic (exact) mass is 392 g/mol. The molecular formula is C27H26N3+. The van der Waals surface area contributed by atoms with Crippen molar-refractivity contribution in [3.63, 3.8) is 0 Å². The molecule has 2 N–H and O–H groups in total. The van der Waals surface area contributed by atoms with Gasteiger partial charge in [0, 0.05) is 62.0 Å². The van der Waals surface area contributed by atoms with E-state index in [2.05, 4.69) is 115 Å². The molecule has 0 unspecified atom stereocenters. The Balaban J connectivity index is 1.89. The second kappa shape index (κ2) is 7.03. The van der Waals surface area contributed by atoms with Crippen LogP contribution in [0.1, 0.15) is 22.5 Å². The summed E-state index contributed by atoms with van der Waals surface area (Å²) >= 11 is 0. The Kier molecular flexibility index (Phi) is 4.32. The maximum atomic E-state index is 3.60. The highest BCUT2D eigenvalue weighted by atomic mass is 14.9. The normalized spacial score (nSPS) is 13.6. The molecule has 3 nitrogen and oxygen atoms in total. The molecule has 2 aromatic heterocycles. The van der Waals surface area contributed by atoms with E-state index in [9.17, 15) is 0 Å². The van der Waals surface area contributed by atoms with Crippen LogP contribution in [-0.2, 0) is 0 Å². The number of aryl methyl sites for hydroxylation is 2. The number of rotatable bonds is 2. The highest BCUT2D eigenvalue weighted by Gasteiger charge is 2.22. The number of nitrogens with one attached hydrogen (secondary N) is 2. The number of hydrogen-bond acceptors (Lipinski definition) is 0. The van der Waals surface area contributed by atoms with Gasteiger partial charge in [-0.05, 0) is 43.7 Å². The van der Waals surface area contributed by atoms with Crippen molar-refractivity contribution < 1.29 is 4.58 Å². The van der Waals surface area contributed by atoms with Gasteiger partial charge in [0.15, 0.2) is 5.71 Å². The van der Waals surface area contributed by atoms with Crippen LogP contribution in [0.5, 0.6) is 0 Å². The fourth-order valence-corrected chi connectivity index (χ4v) is 4.54. The van der Waals surface area contributed by atoms with Crippen molar-refractivity contribution in [3.8, 4) is 0 Å². The van der Waals surface area contributed by atoms with Crippen LogP contribution in [0.3, 0.4) is 0 Å². The number of aromatic amines is 2. The maximum absolute atomic E-state index is 3.60. The summed E-state index contributed by atoms with van der Waals surface area (Å²) in [6, 6.07) is 17.2. The second-order valence-corrected chi connectivity index (χ2v) is 8.16. The molecule has 0 atom stereocenters. The molecule has 2 aromatic carbocycles. The van der Waals surface area contributed by atoms with Gasteiger partial charge in [0.25, 0.3) is 0 Å². The minimum atomic E-state index is 1.17. The number of hydrogen-bond donors (Lipinski definition) is 2. The van der Waals surface area contributed by atoms with Gasteiger partial charge in [-0.15, -0.1) is 0 Å². The molecule has 5 rings (SSSR count). The van der Waals surface area contributed by atoms with Gasteiger partial charge in [0.1, 0.15) is 14.1 Å². The summed E-state index contributed by atoms with van der Waals surface area (Å²) < 4.78 is 2.14. The first-order valence-corrected chi connectivity index (χ1v) is 10.3. The second-order valence-electron chi connectivity index (χ2n) is 8.16. The van der Waals surface area contributed by atoms with Crippen molar-refractivity contribution in [2.45, 2.75) is 13.8 Å². The summed E-state index contributed by atoms with van der Waals surface area (Å²) in [7, 11) is 4.15. The zero-order chi connectivity index (χ0) is 20.8. The number of benzene rings is 2. The van der Waals surface area contributed by atoms with E-state index in [0.717, 1.165) is 0 Å². The predicted molar refractivity (Wildman–Crippen MR) is 127 cm³/mol. The van der Waals surface area contributed by atoms with Gasteiger partial charge in [-0.1, -0.05) is 36.4 Å². The number of H-pyrrole nitrogens is 2. The molecule has 1 aliphatic carbocycles. The maximum Gasteiger partial charge on any atom is 0.199 e. The third kappa shape index (κ3) is 2.86. The van der Waals surface area contributed by atoms with Crippen molar-refractivity contribution in [2.24, 2.45) is 0 Å². The third-order valence-electron chi connectivity index (χ3n) is 5.96. The van der Waals surface area contributed by atoms with Gasteiger partial charge >= 0.3 is 0 Å². The third-order valence-corrected chi connectivity index (χ3v) is 5.96. The van der Waals surface area contributed by atoms with Crippen LogP contribution in [-0.4, -0.2) is 34.4 Å². The topological polar surface area (TPSA) is 34.6 Å². The Hall–Kier alpha value is -3.59. The summed E-state index contributed by atoms with van der Waals surface area (Å²) in [5, 5.41) is 2.51. The van der Waals surface area contributed by atoms with E-state index in [4.69, 9.17) is 0 Å². The van der Waals surface area contributed by atoms with Gasteiger partial charge in [0.2, 0.25) is 0 Å². The first-order valence-electron chi connectivity index (χ1n) is 10.3. The Morgan fingerprint density at radius 2 is 1.13 bits per heavy atom. The number of nitrogens with zero attached hydrogens (tertiary/aromatic N) is 1. The van der Waals surface area contributed by atoms with E-state index in [-0.39, 0.29) is 0 Å². The molecule has 0 spiro atoms. The van der Waals surface area contributed by atoms with E-state index in [0.29, 0.717) is 0 Å². The van der Waals surface area contributed by atoms with E-state index in [1.807, 2.05) is 0 Å². The van der Waals surface area contributed by atoms with Crippen molar-refractivity contribution in [1.82, 2.24) is 9.97 Å². The Labute approximate surface area is 176 Å². The largest absolute Gasteiger partial charge is 0.358 e. The molecule has 0 bridgehead atoms. The number of fused-ring (bicyclic) bond motifs is 2. The minimum Gasteiger partial charge on any atom is -0.358 e. The lowest BCUT2D eigenvalue weighted by atomic mass is 9.87. The highest BCUT2D eigenvalue weighted by Crippen LogP contribution is 2.40. The minimum absolute atomic E-state index is 1.17. The van der Waals surface area contributed by atoms with Crippen molar-refractivity contribution in [1.29, 1.82) is 0 Å². The van der Waals surface area contributed by atoms with Crippen LogP contribution < -0.4 is 0 Å². The Morgan fingerprint density at radius 3 is 1.60 bits per heavy atom. The first-order chi connectivity index (χ1) is 14.5. The molecule has 0 saturated carbocycles. The van der Waals surface area contributed by atoms with Crippen molar-refractivity contribution in [3.05, 3.63) is 101 Å². The zero-order valence-electron chi connectivity index (χ0n) is 17.9. The smallest absolute Gasteiger partial charge is 0.199 e. The fraction of sp³-hybridized carbons (Fsp3) is 0.148. The van der Waals surface area contributed by atoms with Crippen LogP contribution in [0.25, 0.3) is 27.4 Å². The summed E-state index contributed by atoms with van der Waals surface area (Å²) in [5.74, 6) is 0. The summed E-state index contributed by atoms with van der Waals surface area (Å²) in [6.07, 6.45) is 8.88. The van der Waals surface area contributed by atoms with E-state index < -0.39 is 0 Å². The standard InChI is InChI=1S/C27H25N3/c1-17-25(21-9-5-7-11-23(21)28-17)27(19-13-15-20(16-14-19)30(3)4)26-18(2)29-24-12-8-6-10-22(24)26/h5-16H,1-4H3,(H,28,29)/p+1. The van der Waals surface area contributed by atoms with E-state index in [1.54, 1.807) is 0 Å². The van der Waals surface area contributed by atoms with Crippen LogP contribution in [0.15, 0.2) is 78.4 Å². The SMILES string of the molecule is Cc1[nH]c2ccccc2c1C(=C1C=CC(=[N+](C)C)C=C1)c1c(C)[nH]c2ccccc12. The molecule has 0 aliphatic heterocycles. The molecule has 148 valence electrons. The first kappa shape index (κ1) is 18.4. The Bertz CT molecular complexity index is 1310. The zero-order valence-corrected chi connectivity index (χ0v) is 17.9. The predicted octanol–water partition coefficient (Wildman–Crippen LogP) is 5.91. The molecule has 0 saturated heterocycles. The average molecular weight is 393 g/mol. The molecule has 3 heteroatoms. The van der Waals surface area contributed by atoms with Crippen LogP contribution in [0.4, 0.5) is 0 Å². The quantitative estimate of drug-likeness (QED) is 0.398. The molecule has 1 aliphatic rings. The molecule has 4 aromatic rings. The van der Waals surface area contributed by atoms with Crippen molar-refractivity contribution in [2.75, 3.05) is 14.1 Å².